The molecule has 2 nitrogen and oxygen atoms in total. The summed E-state index contributed by atoms with van der Waals surface area (Å²) in [6.45, 7) is 18.8. The van der Waals surface area contributed by atoms with Gasteiger partial charge in [-0.05, 0) is 39.3 Å². The van der Waals surface area contributed by atoms with Gasteiger partial charge >= 0.3 is 0 Å². The van der Waals surface area contributed by atoms with Crippen molar-refractivity contribution in [1.82, 2.24) is 0 Å². The molecule has 0 unspecified atom stereocenters. The largest absolute Gasteiger partial charge is 0.347 e. The number of rotatable bonds is 4. The molecule has 0 saturated carbocycles. The van der Waals surface area contributed by atoms with Crippen molar-refractivity contribution >= 4 is 17.1 Å². The van der Waals surface area contributed by atoms with Gasteiger partial charge in [-0.1, -0.05) is 82.3 Å². The molecule has 0 spiro atoms. The van der Waals surface area contributed by atoms with Gasteiger partial charge < -0.3 is 4.90 Å². The van der Waals surface area contributed by atoms with Gasteiger partial charge in [0.15, 0.2) is 5.71 Å². The Hall–Kier alpha value is -2.61. The highest BCUT2D eigenvalue weighted by atomic mass is 15.2. The lowest BCUT2D eigenvalue weighted by Gasteiger charge is -2.30. The number of hydrogen-bond donors (Lipinski definition) is 0. The van der Waals surface area contributed by atoms with Crippen LogP contribution in [0.1, 0.15) is 66.5 Å². The van der Waals surface area contributed by atoms with Gasteiger partial charge in [-0.3, -0.25) is 0 Å². The zero-order chi connectivity index (χ0) is 24.4. The molecule has 0 aliphatic carbocycles. The Balaban J connectivity index is 1.69. The molecule has 2 heterocycles. The molecule has 4 rings (SSSR count). The van der Waals surface area contributed by atoms with Gasteiger partial charge in [0.25, 0.3) is 0 Å². The lowest BCUT2D eigenvalue weighted by Crippen LogP contribution is -2.39. The second kappa shape index (κ2) is 7.45. The number of para-hydroxylation sites is 2. The topological polar surface area (TPSA) is 6.25 Å². The first-order valence-electron chi connectivity index (χ1n) is 12.2. The quantitative estimate of drug-likeness (QED) is 0.349. The predicted octanol–water partition coefficient (Wildman–Crippen LogP) is 7.61. The number of allylic oxidation sites excluding steroid dienone is 4. The van der Waals surface area contributed by atoms with Gasteiger partial charge in [0.1, 0.15) is 7.05 Å². The molecule has 2 aliphatic rings. The molecule has 0 aromatic heterocycles. The van der Waals surface area contributed by atoms with Gasteiger partial charge in [-0.15, -0.1) is 0 Å². The van der Waals surface area contributed by atoms with Gasteiger partial charge in [0.05, 0.1) is 10.8 Å². The van der Waals surface area contributed by atoms with Crippen molar-refractivity contribution in [2.45, 2.75) is 66.2 Å². The first-order valence-corrected chi connectivity index (χ1v) is 12.2. The average molecular weight is 442 g/mol. The molecule has 33 heavy (non-hydrogen) atoms. The van der Waals surface area contributed by atoms with Gasteiger partial charge in [-0.2, -0.15) is 0 Å². The summed E-state index contributed by atoms with van der Waals surface area (Å²) in [6.07, 6.45) is 7.30. The molecule has 0 radical (unpaired) electrons. The fourth-order valence-corrected chi connectivity index (χ4v) is 6.36. The van der Waals surface area contributed by atoms with Crippen LogP contribution in [0.5, 0.6) is 0 Å². The Morgan fingerprint density at radius 3 is 1.97 bits per heavy atom. The van der Waals surface area contributed by atoms with E-state index in [9.17, 15) is 0 Å². The van der Waals surface area contributed by atoms with Crippen molar-refractivity contribution < 1.29 is 4.58 Å². The summed E-state index contributed by atoms with van der Waals surface area (Å²) in [5, 5.41) is 0. The smallest absolute Gasteiger partial charge is 0.209 e. The molecule has 0 fully saturated rings. The summed E-state index contributed by atoms with van der Waals surface area (Å²) in [4.78, 5) is 2.37. The molecule has 0 amide bonds. The van der Waals surface area contributed by atoms with E-state index < -0.39 is 0 Å². The van der Waals surface area contributed by atoms with Gasteiger partial charge in [0.2, 0.25) is 5.69 Å². The predicted molar refractivity (Wildman–Crippen MR) is 143 cm³/mol. The molecule has 0 bridgehead atoms. The van der Waals surface area contributed by atoms with Crippen LogP contribution in [-0.4, -0.2) is 24.4 Å². The van der Waals surface area contributed by atoms with Crippen LogP contribution in [0.25, 0.3) is 0 Å². The SMILES string of the molecule is CN1C(=CC(C)(C)C=CC(C)(C)C2=[N+](C)c3ccccc3C2(C)C)C(C)(C)c2ccccc21. The van der Waals surface area contributed by atoms with Crippen molar-refractivity contribution in [3.63, 3.8) is 0 Å². The Kier molecular flexibility index (Phi) is 5.32. The zero-order valence-corrected chi connectivity index (χ0v) is 22.2. The summed E-state index contributed by atoms with van der Waals surface area (Å²) in [5.74, 6) is 0. The molecule has 2 aliphatic heterocycles. The summed E-state index contributed by atoms with van der Waals surface area (Å²) in [5.41, 5.74) is 8.12. The van der Waals surface area contributed by atoms with Crippen molar-refractivity contribution in [2.24, 2.45) is 10.8 Å². The first kappa shape index (κ1) is 23.5. The molecule has 0 atom stereocenters. The van der Waals surface area contributed by atoms with Gasteiger partial charge in [0, 0.05) is 40.9 Å². The minimum atomic E-state index is -0.0763. The molecular formula is C31H41N2+. The van der Waals surface area contributed by atoms with E-state index in [1.807, 2.05) is 0 Å². The summed E-state index contributed by atoms with van der Waals surface area (Å²) >= 11 is 0. The normalized spacial score (nSPS) is 20.7. The highest BCUT2D eigenvalue weighted by Crippen LogP contribution is 2.48. The number of benzene rings is 2. The molecule has 174 valence electrons. The third-order valence-corrected chi connectivity index (χ3v) is 7.86. The molecule has 0 saturated heterocycles. The van der Waals surface area contributed by atoms with Crippen LogP contribution >= 0.6 is 0 Å². The molecule has 2 aromatic carbocycles. The van der Waals surface area contributed by atoms with Crippen molar-refractivity contribution in [3.8, 4) is 0 Å². The van der Waals surface area contributed by atoms with Crippen LogP contribution in [0, 0.1) is 10.8 Å². The Labute approximate surface area is 201 Å². The van der Waals surface area contributed by atoms with Crippen LogP contribution in [-0.2, 0) is 10.8 Å². The maximum Gasteiger partial charge on any atom is 0.209 e. The third kappa shape index (κ3) is 3.68. The second-order valence-corrected chi connectivity index (χ2v) is 12.2. The van der Waals surface area contributed by atoms with Crippen LogP contribution < -0.4 is 4.90 Å². The number of nitrogens with zero attached hydrogens (tertiary/aromatic N) is 2. The van der Waals surface area contributed by atoms with E-state index in [2.05, 4.69) is 146 Å². The lowest BCUT2D eigenvalue weighted by molar-refractivity contribution is -0.406. The molecular weight excluding hydrogens is 400 g/mol. The van der Waals surface area contributed by atoms with Crippen molar-refractivity contribution in [1.29, 1.82) is 0 Å². The Morgan fingerprint density at radius 1 is 0.788 bits per heavy atom. The molecule has 0 N–H and O–H groups in total. The summed E-state index contributed by atoms with van der Waals surface area (Å²) < 4.78 is 2.41. The second-order valence-electron chi connectivity index (χ2n) is 12.2. The lowest BCUT2D eigenvalue weighted by atomic mass is 9.70. The van der Waals surface area contributed by atoms with Crippen LogP contribution in [0.4, 0.5) is 11.4 Å². The van der Waals surface area contributed by atoms with Crippen LogP contribution in [0.15, 0.2) is 72.5 Å². The van der Waals surface area contributed by atoms with E-state index in [1.54, 1.807) is 0 Å². The fraction of sp³-hybridized carbons (Fsp3) is 0.452. The van der Waals surface area contributed by atoms with E-state index in [-0.39, 0.29) is 21.7 Å². The van der Waals surface area contributed by atoms with Crippen molar-refractivity contribution in [2.75, 3.05) is 19.0 Å². The molecule has 2 aromatic rings. The van der Waals surface area contributed by atoms with Gasteiger partial charge in [-0.25, -0.2) is 4.58 Å². The zero-order valence-electron chi connectivity index (χ0n) is 22.2. The molecule has 2 heteroatoms. The third-order valence-electron chi connectivity index (χ3n) is 7.86. The van der Waals surface area contributed by atoms with E-state index >= 15 is 0 Å². The van der Waals surface area contributed by atoms with E-state index in [0.29, 0.717) is 0 Å². The Bertz CT molecular complexity index is 1180. The number of hydrogen-bond acceptors (Lipinski definition) is 1. The van der Waals surface area contributed by atoms with E-state index in [1.165, 1.54) is 33.9 Å². The highest BCUT2D eigenvalue weighted by Gasteiger charge is 2.50. The average Bonchev–Trinajstić information content (AvgIpc) is 3.07. The minimum absolute atomic E-state index is 0.00288. The summed E-state index contributed by atoms with van der Waals surface area (Å²) in [6, 6.07) is 17.6. The van der Waals surface area contributed by atoms with Crippen molar-refractivity contribution in [3.05, 3.63) is 83.6 Å². The number of likely N-dealkylation sites (N-methyl/N-ethyl adjacent to an activating group) is 1. The fourth-order valence-electron chi connectivity index (χ4n) is 6.36. The van der Waals surface area contributed by atoms with E-state index in [4.69, 9.17) is 0 Å². The first-order chi connectivity index (χ1) is 15.2. The minimum Gasteiger partial charge on any atom is -0.347 e. The maximum atomic E-state index is 2.46. The number of anilines is 1. The maximum absolute atomic E-state index is 2.46. The Morgan fingerprint density at radius 2 is 1.36 bits per heavy atom. The summed E-state index contributed by atoms with van der Waals surface area (Å²) in [7, 11) is 4.42. The standard InChI is InChI=1S/C31H41N2/c1-28(2,21-26-30(5,6)22-15-11-13-17-24(22)32(26)9)19-20-29(3,4)27-31(7,8)23-16-12-14-18-25(23)33(27)10/h11-21H,1-10H3/q+1. The monoisotopic (exact) mass is 441 g/mol. The number of fused-ring (bicyclic) bond motifs is 2. The van der Waals surface area contributed by atoms with E-state index in [0.717, 1.165) is 0 Å². The van der Waals surface area contributed by atoms with Crippen LogP contribution in [0.3, 0.4) is 0 Å². The highest BCUT2D eigenvalue weighted by molar-refractivity contribution is 6.00. The van der Waals surface area contributed by atoms with Crippen LogP contribution in [0.2, 0.25) is 0 Å².